The molecular weight excluding hydrogens is 406 g/mol. The lowest BCUT2D eigenvalue weighted by molar-refractivity contribution is 0.268. The Kier molecular flexibility index (Phi) is 5.61. The van der Waals surface area contributed by atoms with Crippen LogP contribution in [0.25, 0.3) is 11.9 Å². The van der Waals surface area contributed by atoms with E-state index in [1.807, 2.05) is 24.4 Å². The van der Waals surface area contributed by atoms with E-state index in [-0.39, 0.29) is 0 Å². The summed E-state index contributed by atoms with van der Waals surface area (Å²) in [5.41, 5.74) is 3.50. The minimum absolute atomic E-state index is 0.416. The maximum absolute atomic E-state index is 5.27. The number of hydrogen-bond acceptors (Lipinski definition) is 7. The standard InChI is InChI=1S/C24H27N5OS/c1-16-28-22-23(21-18(4-3-11-26-21)14-27-24(22)31-16)29-13-12-25-19(15-29)8-5-17-6-9-20(30-2)10-7-17/h3-4,6-7,9-11,14,19,25,27H,5,8,12-13,15H2,1-2H3. The van der Waals surface area contributed by atoms with Crippen LogP contribution in [0.5, 0.6) is 5.75 Å². The van der Waals surface area contributed by atoms with Gasteiger partial charge in [0.15, 0.2) is 0 Å². The van der Waals surface area contributed by atoms with Gasteiger partial charge >= 0.3 is 0 Å². The van der Waals surface area contributed by atoms with Crippen molar-refractivity contribution in [3.05, 3.63) is 69.4 Å². The van der Waals surface area contributed by atoms with Crippen LogP contribution >= 0.6 is 11.3 Å². The SMILES string of the molecule is COc1ccc(CCC2CN(C3=c4ncccc4=CNc4sc(C)nc43)CCN2)cc1. The van der Waals surface area contributed by atoms with Gasteiger partial charge in [0.25, 0.3) is 0 Å². The Morgan fingerprint density at radius 3 is 2.94 bits per heavy atom. The number of methoxy groups -OCH3 is 1. The Morgan fingerprint density at radius 1 is 1.23 bits per heavy atom. The third-order valence-electron chi connectivity index (χ3n) is 5.89. The number of aromatic nitrogens is 2. The fraction of sp³-hybridized carbons (Fsp3) is 0.333. The topological polar surface area (TPSA) is 62.3 Å². The van der Waals surface area contributed by atoms with Crippen LogP contribution in [0, 0.1) is 6.92 Å². The van der Waals surface area contributed by atoms with Crippen LogP contribution in [-0.2, 0) is 6.42 Å². The van der Waals surface area contributed by atoms with Crippen molar-refractivity contribution in [1.29, 1.82) is 0 Å². The number of ether oxygens (including phenoxy) is 1. The van der Waals surface area contributed by atoms with Crippen LogP contribution < -0.4 is 25.9 Å². The highest BCUT2D eigenvalue weighted by Crippen LogP contribution is 2.31. The third kappa shape index (κ3) is 4.16. The van der Waals surface area contributed by atoms with Crippen molar-refractivity contribution < 1.29 is 4.74 Å². The summed E-state index contributed by atoms with van der Waals surface area (Å²) in [5, 5.41) is 11.4. The lowest BCUT2D eigenvalue weighted by Crippen LogP contribution is -2.52. The first-order chi connectivity index (χ1) is 15.2. The molecule has 0 radical (unpaired) electrons. The summed E-state index contributed by atoms with van der Waals surface area (Å²) in [6, 6.07) is 12.9. The van der Waals surface area contributed by atoms with E-state index >= 15 is 0 Å². The molecule has 160 valence electrons. The van der Waals surface area contributed by atoms with Crippen molar-refractivity contribution in [1.82, 2.24) is 20.2 Å². The molecule has 1 atom stereocenters. The van der Waals surface area contributed by atoms with Crippen molar-refractivity contribution in [2.75, 3.05) is 32.1 Å². The number of fused-ring (bicyclic) bond motifs is 2. The minimum Gasteiger partial charge on any atom is -0.497 e. The van der Waals surface area contributed by atoms with Gasteiger partial charge in [0.1, 0.15) is 16.4 Å². The Hall–Kier alpha value is -2.90. The molecule has 2 aliphatic rings. The predicted octanol–water partition coefficient (Wildman–Crippen LogP) is 2.08. The number of piperazine rings is 1. The molecule has 7 heteroatoms. The number of rotatable bonds is 5. The first-order valence-corrected chi connectivity index (χ1v) is 11.5. The zero-order valence-corrected chi connectivity index (χ0v) is 18.7. The number of benzene rings is 1. The average Bonchev–Trinajstić information content (AvgIpc) is 3.10. The average molecular weight is 434 g/mol. The third-order valence-corrected chi connectivity index (χ3v) is 6.79. The van der Waals surface area contributed by atoms with Crippen molar-refractivity contribution in [2.24, 2.45) is 0 Å². The molecule has 0 bridgehead atoms. The molecular formula is C24H27N5OS. The van der Waals surface area contributed by atoms with E-state index in [4.69, 9.17) is 14.7 Å². The highest BCUT2D eigenvalue weighted by Gasteiger charge is 2.27. The summed E-state index contributed by atoms with van der Waals surface area (Å²) in [6.45, 7) is 4.90. The van der Waals surface area contributed by atoms with Gasteiger partial charge < -0.3 is 20.3 Å². The zero-order chi connectivity index (χ0) is 21.2. The monoisotopic (exact) mass is 433 g/mol. The summed E-state index contributed by atoms with van der Waals surface area (Å²) >= 11 is 1.70. The molecule has 1 unspecified atom stereocenters. The van der Waals surface area contributed by atoms with E-state index in [0.717, 1.165) is 70.2 Å². The summed E-state index contributed by atoms with van der Waals surface area (Å²) in [5.74, 6) is 0.904. The smallest absolute Gasteiger partial charge is 0.124 e. The lowest BCUT2D eigenvalue weighted by Gasteiger charge is -2.36. The first-order valence-electron chi connectivity index (χ1n) is 10.7. The second-order valence-corrected chi connectivity index (χ2v) is 9.18. The van der Waals surface area contributed by atoms with E-state index in [1.165, 1.54) is 5.56 Å². The molecule has 3 aromatic rings. The number of pyridine rings is 1. The van der Waals surface area contributed by atoms with Gasteiger partial charge in [0.05, 0.1) is 23.2 Å². The Morgan fingerprint density at radius 2 is 2.10 bits per heavy atom. The first kappa shape index (κ1) is 20.0. The molecule has 1 fully saturated rings. The van der Waals surface area contributed by atoms with Crippen molar-refractivity contribution in [2.45, 2.75) is 25.8 Å². The number of aryl methyl sites for hydroxylation is 2. The predicted molar refractivity (Wildman–Crippen MR) is 126 cm³/mol. The molecule has 4 heterocycles. The largest absolute Gasteiger partial charge is 0.497 e. The summed E-state index contributed by atoms with van der Waals surface area (Å²) in [7, 11) is 1.70. The molecule has 31 heavy (non-hydrogen) atoms. The molecule has 0 saturated carbocycles. The second-order valence-electron chi connectivity index (χ2n) is 7.97. The van der Waals surface area contributed by atoms with Gasteiger partial charge in [0, 0.05) is 43.3 Å². The molecule has 0 spiro atoms. The van der Waals surface area contributed by atoms with Crippen molar-refractivity contribution >= 4 is 28.2 Å². The van der Waals surface area contributed by atoms with Gasteiger partial charge in [-0.2, -0.15) is 0 Å². The second kappa shape index (κ2) is 8.69. The molecule has 1 saturated heterocycles. The van der Waals surface area contributed by atoms with Crippen LogP contribution in [0.2, 0.25) is 0 Å². The minimum atomic E-state index is 0.416. The van der Waals surface area contributed by atoms with Crippen LogP contribution in [-0.4, -0.2) is 47.7 Å². The van der Waals surface area contributed by atoms with Gasteiger partial charge in [-0.3, -0.25) is 4.98 Å². The van der Waals surface area contributed by atoms with Crippen molar-refractivity contribution in [3.63, 3.8) is 0 Å². The van der Waals surface area contributed by atoms with Crippen LogP contribution in [0.4, 0.5) is 5.00 Å². The summed E-state index contributed by atoms with van der Waals surface area (Å²) in [6.07, 6.45) is 6.05. The number of nitrogens with zero attached hydrogens (tertiary/aromatic N) is 3. The molecule has 0 aliphatic carbocycles. The molecule has 1 aromatic carbocycles. The number of hydrogen-bond donors (Lipinski definition) is 2. The van der Waals surface area contributed by atoms with E-state index in [9.17, 15) is 0 Å². The van der Waals surface area contributed by atoms with Crippen molar-refractivity contribution in [3.8, 4) is 5.75 Å². The van der Waals surface area contributed by atoms with E-state index in [0.29, 0.717) is 6.04 Å². The van der Waals surface area contributed by atoms with Gasteiger partial charge in [-0.15, -0.1) is 11.3 Å². The van der Waals surface area contributed by atoms with Gasteiger partial charge in [0.2, 0.25) is 0 Å². The van der Waals surface area contributed by atoms with Gasteiger partial charge in [-0.1, -0.05) is 12.1 Å². The quantitative estimate of drug-likeness (QED) is 0.643. The number of thiazole rings is 1. The van der Waals surface area contributed by atoms with Crippen LogP contribution in [0.1, 0.15) is 22.7 Å². The lowest BCUT2D eigenvalue weighted by atomic mass is 10.0. The normalized spacial score (nSPS) is 17.8. The van der Waals surface area contributed by atoms with E-state index < -0.39 is 0 Å². The fourth-order valence-corrected chi connectivity index (χ4v) is 5.12. The maximum Gasteiger partial charge on any atom is 0.124 e. The number of nitrogens with one attached hydrogen (secondary N) is 2. The highest BCUT2D eigenvalue weighted by atomic mass is 32.1. The molecule has 0 amide bonds. The fourth-order valence-electron chi connectivity index (χ4n) is 4.33. The molecule has 5 rings (SSSR count). The molecule has 2 aliphatic heterocycles. The Balaban J connectivity index is 1.41. The summed E-state index contributed by atoms with van der Waals surface area (Å²) < 4.78 is 5.27. The Labute approximate surface area is 186 Å². The Bertz CT molecular complexity index is 1190. The summed E-state index contributed by atoms with van der Waals surface area (Å²) in [4.78, 5) is 12.1. The van der Waals surface area contributed by atoms with Gasteiger partial charge in [-0.05, 0) is 49.6 Å². The molecule has 2 aromatic heterocycles. The molecule has 2 N–H and O–H groups in total. The van der Waals surface area contributed by atoms with E-state index in [1.54, 1.807) is 18.4 Å². The highest BCUT2D eigenvalue weighted by molar-refractivity contribution is 7.16. The maximum atomic E-state index is 5.27. The van der Waals surface area contributed by atoms with E-state index in [2.05, 4.69) is 46.9 Å². The van der Waals surface area contributed by atoms with Crippen LogP contribution in [0.3, 0.4) is 0 Å². The number of anilines is 1. The molecule has 6 nitrogen and oxygen atoms in total. The van der Waals surface area contributed by atoms with Crippen LogP contribution in [0.15, 0.2) is 42.6 Å². The van der Waals surface area contributed by atoms with Gasteiger partial charge in [-0.25, -0.2) is 4.98 Å². The zero-order valence-electron chi connectivity index (χ0n) is 17.9.